The third-order valence-corrected chi connectivity index (χ3v) is 8.76. The molecule has 0 saturated carbocycles. The molecular weight excluding hydrogens is 488 g/mol. The molecule has 0 fully saturated rings. The molecule has 6 aliphatic rings. The van der Waals surface area contributed by atoms with Crippen LogP contribution in [0, 0.1) is 0 Å². The van der Waals surface area contributed by atoms with Crippen molar-refractivity contribution in [3.63, 3.8) is 0 Å². The van der Waals surface area contributed by atoms with Gasteiger partial charge in [-0.3, -0.25) is 9.98 Å². The first-order valence-electron chi connectivity index (χ1n) is 14.1. The third kappa shape index (κ3) is 3.88. The van der Waals surface area contributed by atoms with E-state index in [4.69, 9.17) is 4.99 Å². The van der Waals surface area contributed by atoms with Crippen LogP contribution in [0.2, 0.25) is 0 Å². The summed E-state index contributed by atoms with van der Waals surface area (Å²) >= 11 is 0. The molecule has 2 aromatic rings. The van der Waals surface area contributed by atoms with Gasteiger partial charge in [-0.1, -0.05) is 59.3 Å². The van der Waals surface area contributed by atoms with Gasteiger partial charge in [0.25, 0.3) is 6.21 Å². The Hall–Kier alpha value is -4.79. The van der Waals surface area contributed by atoms with E-state index in [1.165, 1.54) is 55.8 Å². The minimum absolute atomic E-state index is 0.308. The van der Waals surface area contributed by atoms with E-state index < -0.39 is 0 Å². The van der Waals surface area contributed by atoms with Crippen LogP contribution < -0.4 is 9.98 Å². The summed E-state index contributed by atoms with van der Waals surface area (Å²) in [7, 11) is 0. The number of fused-ring (bicyclic) bond motifs is 6. The Balaban J connectivity index is 1.12. The highest BCUT2D eigenvalue weighted by atomic mass is 14.9. The largest absolute Gasteiger partial charge is 0.380 e. The average Bonchev–Trinajstić information content (AvgIpc) is 3.77. The van der Waals surface area contributed by atoms with E-state index in [0.717, 1.165) is 37.3 Å². The average molecular weight is 518 g/mol. The van der Waals surface area contributed by atoms with Crippen LogP contribution in [0.15, 0.2) is 130 Å². The van der Waals surface area contributed by atoms with Gasteiger partial charge in [0, 0.05) is 54.4 Å². The maximum atomic E-state index is 4.92. The summed E-state index contributed by atoms with van der Waals surface area (Å²) in [4.78, 5) is 9.26. The third-order valence-electron chi connectivity index (χ3n) is 8.76. The van der Waals surface area contributed by atoms with Gasteiger partial charge in [0.2, 0.25) is 0 Å². The highest BCUT2D eigenvalue weighted by Crippen LogP contribution is 2.50. The van der Waals surface area contributed by atoms with Crippen molar-refractivity contribution < 1.29 is 0 Å². The van der Waals surface area contributed by atoms with E-state index in [0.29, 0.717) is 11.8 Å². The van der Waals surface area contributed by atoms with Crippen LogP contribution in [0.3, 0.4) is 0 Å². The zero-order valence-corrected chi connectivity index (χ0v) is 22.2. The number of dihydropyridines is 1. The monoisotopic (exact) mass is 517 g/mol. The smallest absolute Gasteiger partial charge is 0.332 e. The number of hydrogen-bond acceptors (Lipinski definition) is 3. The van der Waals surface area contributed by atoms with Gasteiger partial charge in [0.1, 0.15) is 0 Å². The Kier molecular flexibility index (Phi) is 5.46. The van der Waals surface area contributed by atoms with Gasteiger partial charge >= 0.3 is 5.71 Å². The fourth-order valence-corrected chi connectivity index (χ4v) is 6.65. The normalized spacial score (nSPS) is 23.6. The number of hydrogen-bond donors (Lipinski definition) is 1. The summed E-state index contributed by atoms with van der Waals surface area (Å²) < 4.78 is 4.45. The zero-order valence-electron chi connectivity index (χ0n) is 22.2. The molecule has 2 unspecified atom stereocenters. The highest BCUT2D eigenvalue weighted by Gasteiger charge is 2.34. The van der Waals surface area contributed by atoms with Crippen molar-refractivity contribution in [3.05, 3.63) is 136 Å². The van der Waals surface area contributed by atoms with Gasteiger partial charge in [-0.05, 0) is 81.7 Å². The minimum Gasteiger partial charge on any atom is -0.380 e. The Morgan fingerprint density at radius 1 is 0.850 bits per heavy atom. The highest BCUT2D eigenvalue weighted by molar-refractivity contribution is 6.14. The molecule has 0 saturated heterocycles. The Bertz CT molecular complexity index is 1810. The number of rotatable bonds is 4. The van der Waals surface area contributed by atoms with Gasteiger partial charge in [-0.15, -0.1) is 0 Å². The minimum atomic E-state index is 0.308. The lowest BCUT2D eigenvalue weighted by Gasteiger charge is -2.35. The first kappa shape index (κ1) is 23.1. The predicted octanol–water partition coefficient (Wildman–Crippen LogP) is 6.18. The molecule has 2 aliphatic carbocycles. The second-order valence-corrected chi connectivity index (χ2v) is 11.0. The molecule has 0 amide bonds. The van der Waals surface area contributed by atoms with Crippen molar-refractivity contribution in [1.29, 1.82) is 0 Å². The van der Waals surface area contributed by atoms with E-state index in [9.17, 15) is 0 Å². The summed E-state index contributed by atoms with van der Waals surface area (Å²) in [6.07, 6.45) is 25.5. The molecule has 2 atom stereocenters. The molecule has 4 heterocycles. The van der Waals surface area contributed by atoms with E-state index in [1.807, 2.05) is 18.5 Å². The molecule has 0 spiro atoms. The van der Waals surface area contributed by atoms with Crippen molar-refractivity contribution in [2.45, 2.75) is 24.7 Å². The number of nitrogens with zero attached hydrogens (tertiary/aromatic N) is 3. The fourth-order valence-electron chi connectivity index (χ4n) is 6.65. The Labute approximate surface area is 234 Å². The van der Waals surface area contributed by atoms with Crippen LogP contribution in [0.25, 0.3) is 16.8 Å². The molecule has 40 heavy (non-hydrogen) atoms. The molecule has 0 radical (unpaired) electrons. The molecular formula is C36H29N4+. The molecule has 4 nitrogen and oxygen atoms in total. The zero-order chi connectivity index (χ0) is 26.5. The van der Waals surface area contributed by atoms with E-state index in [-0.39, 0.29) is 0 Å². The molecule has 0 aromatic heterocycles. The molecule has 8 rings (SSSR count). The number of nitrogens with one attached hydrogen (secondary N) is 1. The summed E-state index contributed by atoms with van der Waals surface area (Å²) in [5.74, 6) is 0.630. The number of aliphatic imine (C=N–C) groups is 2. The summed E-state index contributed by atoms with van der Waals surface area (Å²) in [6, 6.07) is 15.9. The van der Waals surface area contributed by atoms with Crippen molar-refractivity contribution >= 4 is 29.5 Å². The van der Waals surface area contributed by atoms with Gasteiger partial charge in [0.05, 0.1) is 12.1 Å². The van der Waals surface area contributed by atoms with Crippen LogP contribution in [0.4, 0.5) is 0 Å². The van der Waals surface area contributed by atoms with Gasteiger partial charge in [-0.2, -0.15) is 0 Å². The molecule has 192 valence electrons. The number of benzene rings is 2. The van der Waals surface area contributed by atoms with Gasteiger partial charge in [-0.25, -0.2) is 0 Å². The topological polar surface area (TPSA) is 50.9 Å². The Morgan fingerprint density at radius 2 is 1.80 bits per heavy atom. The lowest BCUT2D eigenvalue weighted by Crippen LogP contribution is -2.23. The first-order valence-corrected chi connectivity index (χ1v) is 14.1. The van der Waals surface area contributed by atoms with E-state index in [1.54, 1.807) is 0 Å². The second kappa shape index (κ2) is 9.44. The summed E-state index contributed by atoms with van der Waals surface area (Å²) in [6.45, 7) is 1.57. The van der Waals surface area contributed by atoms with Gasteiger partial charge in [0.15, 0.2) is 0 Å². The Morgan fingerprint density at radius 3 is 2.60 bits per heavy atom. The fraction of sp³-hybridized carbons (Fsp3) is 0.167. The SMILES string of the molecule is C1=CC(C2=CC=C(c3ccc4c(c3)-c3ccccc3C3C=C(C5=NC=C(C6=CC=NC6)CC5)C=CC43)NC2)=[N+]=C1. The van der Waals surface area contributed by atoms with Crippen LogP contribution in [-0.4, -0.2) is 36.9 Å². The molecule has 4 heteroatoms. The summed E-state index contributed by atoms with van der Waals surface area (Å²) in [5, 5.41) is 3.62. The van der Waals surface area contributed by atoms with Crippen LogP contribution >= 0.6 is 0 Å². The maximum Gasteiger partial charge on any atom is 0.332 e. The van der Waals surface area contributed by atoms with Crippen molar-refractivity contribution in [3.8, 4) is 11.1 Å². The van der Waals surface area contributed by atoms with Crippen molar-refractivity contribution in [1.82, 2.24) is 9.98 Å². The summed E-state index contributed by atoms with van der Waals surface area (Å²) in [5.41, 5.74) is 15.2. The first-order chi connectivity index (χ1) is 19.8. The van der Waals surface area contributed by atoms with Crippen LogP contribution in [0.1, 0.15) is 41.4 Å². The van der Waals surface area contributed by atoms with Crippen molar-refractivity contribution in [2.75, 3.05) is 13.1 Å². The quantitative estimate of drug-likeness (QED) is 0.484. The lowest BCUT2D eigenvalue weighted by atomic mass is 9.68. The molecule has 2 aromatic carbocycles. The van der Waals surface area contributed by atoms with Gasteiger partial charge < -0.3 is 5.32 Å². The second-order valence-electron chi connectivity index (χ2n) is 11.0. The number of allylic oxidation sites excluding steroid dienone is 9. The van der Waals surface area contributed by atoms with Crippen LogP contribution in [-0.2, 0) is 0 Å². The molecule has 1 N–H and O–H groups in total. The lowest BCUT2D eigenvalue weighted by molar-refractivity contribution is 0.716. The van der Waals surface area contributed by atoms with E-state index in [2.05, 4.69) is 106 Å². The van der Waals surface area contributed by atoms with E-state index >= 15 is 0 Å². The van der Waals surface area contributed by atoms with Crippen LogP contribution in [0.5, 0.6) is 0 Å². The predicted molar refractivity (Wildman–Crippen MR) is 167 cm³/mol. The maximum absolute atomic E-state index is 4.92. The standard InChI is InChI=1S/C36H28N4/c1-2-5-29-28(4-1)32-18-23(35-13-9-25(21-39-35)26-15-17-37-20-26)7-11-30(32)31-12-8-24(19-33(29)31)36-14-10-27(22-40-36)34-6-3-16-38-34/h1-8,10-12,14-19,21,30,32H,9,13,20,22H2/p+1. The van der Waals surface area contributed by atoms with Crippen molar-refractivity contribution in [2.24, 2.45) is 9.98 Å². The molecule has 0 bridgehead atoms. The molecule has 4 aliphatic heterocycles.